The van der Waals surface area contributed by atoms with Gasteiger partial charge in [0.2, 0.25) is 0 Å². The highest BCUT2D eigenvalue weighted by Gasteiger charge is 2.14. The Hall–Kier alpha value is -2.95. The molecule has 0 spiro atoms. The summed E-state index contributed by atoms with van der Waals surface area (Å²) in [6.07, 6.45) is 3.41. The fraction of sp³-hybridized carbons (Fsp3) is 0.211. The van der Waals surface area contributed by atoms with E-state index in [-0.39, 0.29) is 11.5 Å². The molecule has 5 nitrogen and oxygen atoms in total. The molecule has 0 aliphatic heterocycles. The molecule has 0 aliphatic carbocycles. The number of aryl methyl sites for hydroxylation is 1. The Morgan fingerprint density at radius 2 is 2.04 bits per heavy atom. The van der Waals surface area contributed by atoms with Crippen LogP contribution in [-0.4, -0.2) is 27.4 Å². The first kappa shape index (κ1) is 15.9. The third-order valence-corrected chi connectivity index (χ3v) is 4.07. The lowest BCUT2D eigenvalue weighted by atomic mass is 10.1. The van der Waals surface area contributed by atoms with Crippen molar-refractivity contribution in [1.29, 1.82) is 0 Å². The Bertz CT molecular complexity index is 941. The molecule has 3 rings (SSSR count). The second-order valence-electron chi connectivity index (χ2n) is 5.69. The van der Waals surface area contributed by atoms with Crippen LogP contribution >= 0.6 is 0 Å². The number of nitrogens with zero attached hydrogens (tertiary/aromatic N) is 3. The molecule has 122 valence electrons. The van der Waals surface area contributed by atoms with Crippen LogP contribution in [0.5, 0.6) is 0 Å². The van der Waals surface area contributed by atoms with E-state index in [2.05, 4.69) is 4.98 Å². The maximum absolute atomic E-state index is 12.6. The van der Waals surface area contributed by atoms with Gasteiger partial charge in [-0.05, 0) is 30.7 Å². The largest absolute Gasteiger partial charge is 0.337 e. The summed E-state index contributed by atoms with van der Waals surface area (Å²) >= 11 is 0. The van der Waals surface area contributed by atoms with E-state index in [4.69, 9.17) is 0 Å². The highest BCUT2D eigenvalue weighted by Crippen LogP contribution is 2.18. The minimum Gasteiger partial charge on any atom is -0.337 e. The fourth-order valence-electron chi connectivity index (χ4n) is 2.75. The Morgan fingerprint density at radius 3 is 2.79 bits per heavy atom. The smallest absolute Gasteiger partial charge is 0.254 e. The van der Waals surface area contributed by atoms with Gasteiger partial charge in [0.15, 0.2) is 0 Å². The summed E-state index contributed by atoms with van der Waals surface area (Å²) in [7, 11) is 1.74. The first-order valence-corrected chi connectivity index (χ1v) is 7.88. The summed E-state index contributed by atoms with van der Waals surface area (Å²) in [5.41, 5.74) is 2.18. The van der Waals surface area contributed by atoms with Gasteiger partial charge in [-0.25, -0.2) is 0 Å². The zero-order chi connectivity index (χ0) is 17.1. The van der Waals surface area contributed by atoms with Crippen LogP contribution in [0, 0.1) is 0 Å². The van der Waals surface area contributed by atoms with Crippen LogP contribution in [0.3, 0.4) is 0 Å². The van der Waals surface area contributed by atoms with Crippen molar-refractivity contribution in [3.8, 4) is 0 Å². The molecule has 0 atom stereocenters. The quantitative estimate of drug-likeness (QED) is 0.742. The van der Waals surface area contributed by atoms with Crippen LogP contribution in [0.1, 0.15) is 22.8 Å². The third kappa shape index (κ3) is 3.06. The summed E-state index contributed by atoms with van der Waals surface area (Å²) in [4.78, 5) is 30.5. The minimum absolute atomic E-state index is 0.161. The number of pyridine rings is 2. The molecule has 0 saturated heterocycles. The van der Waals surface area contributed by atoms with Crippen LogP contribution in [-0.2, 0) is 13.1 Å². The number of benzene rings is 1. The van der Waals surface area contributed by atoms with Crippen LogP contribution < -0.4 is 5.56 Å². The molecule has 5 heteroatoms. The number of rotatable bonds is 4. The fourth-order valence-corrected chi connectivity index (χ4v) is 2.75. The first-order chi connectivity index (χ1) is 11.6. The molecule has 2 aromatic heterocycles. The maximum atomic E-state index is 12.6. The molecular weight excluding hydrogens is 302 g/mol. The van der Waals surface area contributed by atoms with Gasteiger partial charge >= 0.3 is 0 Å². The van der Waals surface area contributed by atoms with Crippen molar-refractivity contribution in [2.24, 2.45) is 0 Å². The summed E-state index contributed by atoms with van der Waals surface area (Å²) in [6.45, 7) is 2.94. The molecule has 0 radical (unpaired) electrons. The predicted octanol–water partition coefficient (Wildman–Crippen LogP) is 2.69. The van der Waals surface area contributed by atoms with Crippen molar-refractivity contribution in [2.75, 3.05) is 7.05 Å². The summed E-state index contributed by atoms with van der Waals surface area (Å²) in [6, 6.07) is 12.8. The number of amides is 1. The van der Waals surface area contributed by atoms with Gasteiger partial charge in [0.05, 0.1) is 5.52 Å². The van der Waals surface area contributed by atoms with E-state index in [1.54, 1.807) is 35.0 Å². The number of fused-ring (bicyclic) bond motifs is 1. The molecule has 0 N–H and O–H groups in total. The average molecular weight is 321 g/mol. The van der Waals surface area contributed by atoms with Crippen molar-refractivity contribution >= 4 is 16.8 Å². The Morgan fingerprint density at radius 1 is 1.21 bits per heavy atom. The van der Waals surface area contributed by atoms with E-state index in [0.29, 0.717) is 18.7 Å². The van der Waals surface area contributed by atoms with E-state index in [9.17, 15) is 9.59 Å². The first-order valence-electron chi connectivity index (χ1n) is 7.88. The maximum Gasteiger partial charge on any atom is 0.254 e. The molecule has 24 heavy (non-hydrogen) atoms. The van der Waals surface area contributed by atoms with Gasteiger partial charge in [0.1, 0.15) is 0 Å². The molecule has 0 bridgehead atoms. The van der Waals surface area contributed by atoms with Gasteiger partial charge in [0, 0.05) is 49.5 Å². The molecule has 1 amide bonds. The van der Waals surface area contributed by atoms with Crippen LogP contribution in [0.25, 0.3) is 10.9 Å². The van der Waals surface area contributed by atoms with Crippen LogP contribution in [0.2, 0.25) is 0 Å². The zero-order valence-electron chi connectivity index (χ0n) is 13.8. The Kier molecular flexibility index (Phi) is 4.42. The molecule has 1 aromatic carbocycles. The average Bonchev–Trinajstić information content (AvgIpc) is 2.61. The number of carbonyl (C=O) groups is 1. The second kappa shape index (κ2) is 6.66. The molecule has 0 aliphatic rings. The van der Waals surface area contributed by atoms with Gasteiger partial charge < -0.3 is 9.47 Å². The molecule has 2 heterocycles. The highest BCUT2D eigenvalue weighted by atomic mass is 16.2. The van der Waals surface area contributed by atoms with Crippen molar-refractivity contribution in [3.05, 3.63) is 76.3 Å². The van der Waals surface area contributed by atoms with Gasteiger partial charge in [0.25, 0.3) is 11.5 Å². The SMILES string of the molecule is CCn1ccc(C(=O)N(C)Cc2cccc3ncccc23)cc1=O. The third-order valence-electron chi connectivity index (χ3n) is 4.07. The lowest BCUT2D eigenvalue weighted by molar-refractivity contribution is 0.0785. The number of carbonyl (C=O) groups excluding carboxylic acids is 1. The van der Waals surface area contributed by atoms with Gasteiger partial charge in [-0.2, -0.15) is 0 Å². The van der Waals surface area contributed by atoms with E-state index in [1.165, 1.54) is 6.07 Å². The zero-order valence-corrected chi connectivity index (χ0v) is 13.8. The van der Waals surface area contributed by atoms with Gasteiger partial charge in [-0.3, -0.25) is 14.6 Å². The van der Waals surface area contributed by atoms with Crippen molar-refractivity contribution in [1.82, 2.24) is 14.5 Å². The van der Waals surface area contributed by atoms with Crippen molar-refractivity contribution in [3.63, 3.8) is 0 Å². The Balaban J connectivity index is 1.86. The van der Waals surface area contributed by atoms with Gasteiger partial charge in [-0.1, -0.05) is 18.2 Å². The summed E-state index contributed by atoms with van der Waals surface area (Å²) in [5, 5.41) is 1.03. The molecular formula is C19H19N3O2. The number of hydrogen-bond donors (Lipinski definition) is 0. The van der Waals surface area contributed by atoms with E-state index < -0.39 is 0 Å². The monoisotopic (exact) mass is 321 g/mol. The molecule has 0 saturated carbocycles. The van der Waals surface area contributed by atoms with Crippen LogP contribution in [0.4, 0.5) is 0 Å². The molecule has 3 aromatic rings. The van der Waals surface area contributed by atoms with Crippen molar-refractivity contribution < 1.29 is 4.79 Å². The van der Waals surface area contributed by atoms with Crippen molar-refractivity contribution in [2.45, 2.75) is 20.0 Å². The normalized spacial score (nSPS) is 10.8. The lowest BCUT2D eigenvalue weighted by Crippen LogP contribution is -2.28. The highest BCUT2D eigenvalue weighted by molar-refractivity contribution is 5.94. The summed E-state index contributed by atoms with van der Waals surface area (Å²) in [5.74, 6) is -0.170. The van der Waals surface area contributed by atoms with E-state index in [0.717, 1.165) is 16.5 Å². The number of hydrogen-bond acceptors (Lipinski definition) is 3. The van der Waals surface area contributed by atoms with Crippen LogP contribution in [0.15, 0.2) is 59.7 Å². The van der Waals surface area contributed by atoms with Gasteiger partial charge in [-0.15, -0.1) is 0 Å². The van der Waals surface area contributed by atoms with E-state index in [1.807, 2.05) is 37.3 Å². The number of aromatic nitrogens is 2. The Labute approximate surface area is 140 Å². The molecule has 0 fully saturated rings. The minimum atomic E-state index is -0.170. The topological polar surface area (TPSA) is 55.2 Å². The summed E-state index contributed by atoms with van der Waals surface area (Å²) < 4.78 is 1.56. The molecule has 0 unspecified atom stereocenters. The predicted molar refractivity (Wildman–Crippen MR) is 93.9 cm³/mol. The second-order valence-corrected chi connectivity index (χ2v) is 5.69. The van der Waals surface area contributed by atoms with E-state index >= 15 is 0 Å². The lowest BCUT2D eigenvalue weighted by Gasteiger charge is -2.18. The standard InChI is InChI=1S/C19H19N3O2/c1-3-22-11-9-14(12-18(22)23)19(24)21(2)13-15-6-4-8-17-16(15)7-5-10-20-17/h4-12H,3,13H2,1-2H3.